The van der Waals surface area contributed by atoms with Crippen molar-refractivity contribution in [1.82, 2.24) is 10.3 Å². The summed E-state index contributed by atoms with van der Waals surface area (Å²) in [5.41, 5.74) is 2.86. The van der Waals surface area contributed by atoms with Crippen LogP contribution in [0, 0.1) is 5.92 Å². The summed E-state index contributed by atoms with van der Waals surface area (Å²) in [7, 11) is 0. The van der Waals surface area contributed by atoms with E-state index in [2.05, 4.69) is 10.3 Å². The van der Waals surface area contributed by atoms with Crippen molar-refractivity contribution in [2.45, 2.75) is 58.9 Å². The highest BCUT2D eigenvalue weighted by Crippen LogP contribution is 2.17. The van der Waals surface area contributed by atoms with Gasteiger partial charge in [0, 0.05) is 12.4 Å². The number of rotatable bonds is 14. The van der Waals surface area contributed by atoms with E-state index >= 15 is 0 Å². The van der Waals surface area contributed by atoms with Crippen molar-refractivity contribution in [2.75, 3.05) is 6.61 Å². The number of nitrogens with zero attached hydrogens (tertiary/aromatic N) is 1. The maximum atomic E-state index is 13.0. The Morgan fingerprint density at radius 1 is 0.784 bits per heavy atom. The van der Waals surface area contributed by atoms with Gasteiger partial charge in [0.1, 0.15) is 31.0 Å². The van der Waals surface area contributed by atoms with Crippen molar-refractivity contribution < 1.29 is 23.8 Å². The van der Waals surface area contributed by atoms with E-state index in [9.17, 15) is 9.59 Å². The first-order valence-corrected chi connectivity index (χ1v) is 12.7. The number of esters is 2. The normalized spacial score (nSPS) is 12.5. The largest absolute Gasteiger partial charge is 0.489 e. The molecule has 37 heavy (non-hydrogen) atoms. The molecule has 3 rings (SSSR count). The number of hydrogen-bond acceptors (Lipinski definition) is 7. The second-order valence-corrected chi connectivity index (χ2v) is 9.24. The van der Waals surface area contributed by atoms with Crippen LogP contribution < -0.4 is 10.1 Å². The van der Waals surface area contributed by atoms with E-state index in [1.807, 2.05) is 80.6 Å². The number of nitrogens with one attached hydrogen (secondary N) is 1. The second-order valence-electron chi connectivity index (χ2n) is 9.24. The minimum atomic E-state index is -0.698. The Kier molecular flexibility index (Phi) is 11.1. The number of benzene rings is 2. The average molecular weight is 505 g/mol. The summed E-state index contributed by atoms with van der Waals surface area (Å²) in [6, 6.07) is 19.6. The summed E-state index contributed by atoms with van der Waals surface area (Å²) >= 11 is 0. The van der Waals surface area contributed by atoms with Crippen LogP contribution in [-0.2, 0) is 38.7 Å². The maximum absolute atomic E-state index is 13.0. The molecule has 0 aliphatic heterocycles. The van der Waals surface area contributed by atoms with E-state index in [0.29, 0.717) is 19.4 Å². The predicted molar refractivity (Wildman–Crippen MR) is 142 cm³/mol. The lowest BCUT2D eigenvalue weighted by atomic mass is 10.0. The molecule has 1 aromatic heterocycles. The third-order valence-electron chi connectivity index (χ3n) is 5.71. The molecule has 0 aliphatic carbocycles. The van der Waals surface area contributed by atoms with Gasteiger partial charge >= 0.3 is 11.9 Å². The summed E-state index contributed by atoms with van der Waals surface area (Å²) < 4.78 is 16.8. The van der Waals surface area contributed by atoms with Crippen LogP contribution >= 0.6 is 0 Å². The number of hydrogen-bond donors (Lipinski definition) is 1. The van der Waals surface area contributed by atoms with Crippen LogP contribution in [0.25, 0.3) is 0 Å². The summed E-state index contributed by atoms with van der Waals surface area (Å²) in [5.74, 6) is 0.168. The molecule has 7 nitrogen and oxygen atoms in total. The van der Waals surface area contributed by atoms with Crippen molar-refractivity contribution >= 4 is 11.9 Å². The fourth-order valence-electron chi connectivity index (χ4n) is 3.83. The molecular formula is C30H36N2O5. The Labute approximate surface area is 219 Å². The quantitative estimate of drug-likeness (QED) is 0.313. The standard InChI is InChI=1S/C30H36N2O5/c1-4-35-29(33)28(19-23-10-12-26(13-11-23)36-20-25-14-16-31-17-15-25)32-27(18-22(2)3)30(34)37-21-24-8-6-5-7-9-24/h5-17,22,27-28,32H,4,18-21H2,1-3H3. The minimum Gasteiger partial charge on any atom is -0.489 e. The van der Waals surface area contributed by atoms with Crippen LogP contribution in [-0.4, -0.2) is 35.6 Å². The van der Waals surface area contributed by atoms with Gasteiger partial charge in [-0.15, -0.1) is 0 Å². The Bertz CT molecular complexity index is 1090. The second kappa shape index (κ2) is 14.8. The molecular weight excluding hydrogens is 468 g/mol. The predicted octanol–water partition coefficient (Wildman–Crippen LogP) is 4.88. The topological polar surface area (TPSA) is 86.8 Å². The van der Waals surface area contributed by atoms with Gasteiger partial charge in [-0.05, 0) is 66.6 Å². The smallest absolute Gasteiger partial charge is 0.323 e. The van der Waals surface area contributed by atoms with Crippen molar-refractivity contribution in [2.24, 2.45) is 5.92 Å². The average Bonchev–Trinajstić information content (AvgIpc) is 2.91. The zero-order valence-electron chi connectivity index (χ0n) is 21.8. The van der Waals surface area contributed by atoms with E-state index in [4.69, 9.17) is 14.2 Å². The molecule has 0 amide bonds. The molecule has 2 atom stereocenters. The number of ether oxygens (including phenoxy) is 3. The van der Waals surface area contributed by atoms with Gasteiger partial charge in [-0.3, -0.25) is 19.9 Å². The molecule has 0 saturated heterocycles. The molecule has 0 fully saturated rings. The summed E-state index contributed by atoms with van der Waals surface area (Å²) in [5, 5.41) is 3.23. The fraction of sp³-hybridized carbons (Fsp3) is 0.367. The number of carbonyl (C=O) groups is 2. The van der Waals surface area contributed by atoms with Gasteiger partial charge in [0.05, 0.1) is 6.61 Å². The molecule has 0 aliphatic rings. The highest BCUT2D eigenvalue weighted by Gasteiger charge is 2.29. The first kappa shape index (κ1) is 27.9. The molecule has 0 spiro atoms. The van der Waals surface area contributed by atoms with E-state index in [-0.39, 0.29) is 25.1 Å². The highest BCUT2D eigenvalue weighted by atomic mass is 16.5. The van der Waals surface area contributed by atoms with Crippen LogP contribution in [0.2, 0.25) is 0 Å². The number of aromatic nitrogens is 1. The monoisotopic (exact) mass is 504 g/mol. The van der Waals surface area contributed by atoms with Gasteiger partial charge in [-0.25, -0.2) is 0 Å². The fourth-order valence-corrected chi connectivity index (χ4v) is 3.83. The molecule has 3 aromatic rings. The molecule has 2 aromatic carbocycles. The van der Waals surface area contributed by atoms with Crippen LogP contribution in [0.4, 0.5) is 0 Å². The first-order valence-electron chi connectivity index (χ1n) is 12.7. The van der Waals surface area contributed by atoms with Crippen molar-refractivity contribution in [3.8, 4) is 5.75 Å². The number of pyridine rings is 1. The van der Waals surface area contributed by atoms with Gasteiger partial charge in [0.25, 0.3) is 0 Å². The summed E-state index contributed by atoms with van der Waals surface area (Å²) in [6.45, 7) is 6.71. The Morgan fingerprint density at radius 3 is 2.08 bits per heavy atom. The lowest BCUT2D eigenvalue weighted by Crippen LogP contribution is -2.50. The van der Waals surface area contributed by atoms with Crippen molar-refractivity contribution in [3.63, 3.8) is 0 Å². The van der Waals surface area contributed by atoms with Gasteiger partial charge < -0.3 is 14.2 Å². The number of carbonyl (C=O) groups excluding carboxylic acids is 2. The zero-order valence-corrected chi connectivity index (χ0v) is 21.8. The van der Waals surface area contributed by atoms with Crippen LogP contribution in [0.3, 0.4) is 0 Å². The van der Waals surface area contributed by atoms with Crippen LogP contribution in [0.5, 0.6) is 5.75 Å². The molecule has 2 unspecified atom stereocenters. The van der Waals surface area contributed by atoms with E-state index in [1.165, 1.54) is 0 Å². The molecule has 0 bridgehead atoms. The highest BCUT2D eigenvalue weighted by molar-refractivity contribution is 5.80. The zero-order chi connectivity index (χ0) is 26.5. The third-order valence-corrected chi connectivity index (χ3v) is 5.71. The third kappa shape index (κ3) is 9.69. The van der Waals surface area contributed by atoms with Crippen molar-refractivity contribution in [1.29, 1.82) is 0 Å². The van der Waals surface area contributed by atoms with Crippen LogP contribution in [0.15, 0.2) is 79.1 Å². The van der Waals surface area contributed by atoms with E-state index in [1.54, 1.807) is 19.3 Å². The summed E-state index contributed by atoms with van der Waals surface area (Å²) in [6.07, 6.45) is 4.36. The van der Waals surface area contributed by atoms with E-state index < -0.39 is 18.1 Å². The molecule has 1 N–H and O–H groups in total. The van der Waals surface area contributed by atoms with Gasteiger partial charge in [0.2, 0.25) is 0 Å². The molecule has 0 radical (unpaired) electrons. The Morgan fingerprint density at radius 2 is 1.43 bits per heavy atom. The Balaban J connectivity index is 1.65. The molecule has 0 saturated carbocycles. The van der Waals surface area contributed by atoms with Gasteiger partial charge in [-0.2, -0.15) is 0 Å². The van der Waals surface area contributed by atoms with Gasteiger partial charge in [-0.1, -0.05) is 56.3 Å². The van der Waals surface area contributed by atoms with Crippen LogP contribution in [0.1, 0.15) is 43.9 Å². The maximum Gasteiger partial charge on any atom is 0.323 e. The molecule has 7 heteroatoms. The Hall–Kier alpha value is -3.71. The summed E-state index contributed by atoms with van der Waals surface area (Å²) in [4.78, 5) is 29.8. The SMILES string of the molecule is CCOC(=O)C(Cc1ccc(OCc2ccncc2)cc1)NC(CC(C)C)C(=O)OCc1ccccc1. The van der Waals surface area contributed by atoms with E-state index in [0.717, 1.165) is 22.4 Å². The van der Waals surface area contributed by atoms with Crippen molar-refractivity contribution in [3.05, 3.63) is 95.8 Å². The molecule has 1 heterocycles. The lowest BCUT2D eigenvalue weighted by molar-refractivity contribution is -0.150. The minimum absolute atomic E-state index is 0.182. The lowest BCUT2D eigenvalue weighted by Gasteiger charge is -2.25. The first-order chi connectivity index (χ1) is 17.9. The molecule has 196 valence electrons. The van der Waals surface area contributed by atoms with Gasteiger partial charge in [0.15, 0.2) is 0 Å².